The SMILES string of the molecule is Cc1cnc(N)nc1NCc1cscn1. The number of rotatable bonds is 3. The Morgan fingerprint density at radius 3 is 3.07 bits per heavy atom. The first-order chi connectivity index (χ1) is 7.25. The van der Waals surface area contributed by atoms with E-state index in [2.05, 4.69) is 20.3 Å². The Bertz CT molecular complexity index is 440. The van der Waals surface area contributed by atoms with Crippen molar-refractivity contribution in [2.45, 2.75) is 13.5 Å². The molecule has 3 N–H and O–H groups in total. The topological polar surface area (TPSA) is 76.7 Å². The highest BCUT2D eigenvalue weighted by atomic mass is 32.1. The number of thiazole rings is 1. The molecule has 2 heterocycles. The Morgan fingerprint density at radius 1 is 1.47 bits per heavy atom. The molecule has 2 rings (SSSR count). The third-order valence-corrected chi connectivity index (χ3v) is 2.55. The van der Waals surface area contributed by atoms with E-state index in [0.29, 0.717) is 6.54 Å². The smallest absolute Gasteiger partial charge is 0.221 e. The van der Waals surface area contributed by atoms with E-state index in [1.165, 1.54) is 0 Å². The van der Waals surface area contributed by atoms with Gasteiger partial charge in [0.1, 0.15) is 5.82 Å². The van der Waals surface area contributed by atoms with Crippen molar-refractivity contribution in [2.75, 3.05) is 11.1 Å². The zero-order valence-electron chi connectivity index (χ0n) is 8.27. The van der Waals surface area contributed by atoms with Crippen molar-refractivity contribution < 1.29 is 0 Å². The second-order valence-electron chi connectivity index (χ2n) is 3.09. The monoisotopic (exact) mass is 221 g/mol. The number of nitrogens with one attached hydrogen (secondary N) is 1. The maximum absolute atomic E-state index is 5.50. The quantitative estimate of drug-likeness (QED) is 0.820. The normalized spacial score (nSPS) is 10.2. The zero-order chi connectivity index (χ0) is 10.7. The van der Waals surface area contributed by atoms with Crippen LogP contribution in [0.15, 0.2) is 17.1 Å². The molecule has 0 radical (unpaired) electrons. The third-order valence-electron chi connectivity index (χ3n) is 1.91. The molecule has 78 valence electrons. The molecular formula is C9H11N5S. The van der Waals surface area contributed by atoms with Crippen LogP contribution in [0, 0.1) is 6.92 Å². The van der Waals surface area contributed by atoms with Gasteiger partial charge < -0.3 is 11.1 Å². The number of nitrogen functional groups attached to an aromatic ring is 1. The van der Waals surface area contributed by atoms with Gasteiger partial charge in [-0.3, -0.25) is 0 Å². The minimum Gasteiger partial charge on any atom is -0.368 e. The first kappa shape index (κ1) is 9.85. The summed E-state index contributed by atoms with van der Waals surface area (Å²) in [5.74, 6) is 1.04. The molecule has 0 unspecified atom stereocenters. The van der Waals surface area contributed by atoms with Gasteiger partial charge in [-0.1, -0.05) is 0 Å². The first-order valence-electron chi connectivity index (χ1n) is 4.46. The highest BCUT2D eigenvalue weighted by Gasteiger charge is 2.01. The molecule has 0 aliphatic carbocycles. The van der Waals surface area contributed by atoms with Crippen LogP contribution in [0.1, 0.15) is 11.3 Å². The Balaban J connectivity index is 2.07. The van der Waals surface area contributed by atoms with Crippen molar-refractivity contribution in [3.63, 3.8) is 0 Å². The molecular weight excluding hydrogens is 210 g/mol. The predicted octanol–water partition coefficient (Wildman–Crippen LogP) is 1.44. The summed E-state index contributed by atoms with van der Waals surface area (Å²) in [7, 11) is 0. The molecule has 0 aliphatic rings. The van der Waals surface area contributed by atoms with Crippen molar-refractivity contribution in [3.05, 3.63) is 28.3 Å². The van der Waals surface area contributed by atoms with Gasteiger partial charge in [0.2, 0.25) is 5.95 Å². The fourth-order valence-corrected chi connectivity index (χ4v) is 1.69. The van der Waals surface area contributed by atoms with Gasteiger partial charge in [-0.2, -0.15) is 4.98 Å². The van der Waals surface area contributed by atoms with Crippen LogP contribution in [0.2, 0.25) is 0 Å². The number of anilines is 2. The summed E-state index contributed by atoms with van der Waals surface area (Å²) in [6.45, 7) is 2.59. The van der Waals surface area contributed by atoms with Crippen molar-refractivity contribution >= 4 is 23.1 Å². The molecule has 0 aromatic carbocycles. The fraction of sp³-hybridized carbons (Fsp3) is 0.222. The van der Waals surface area contributed by atoms with E-state index in [1.54, 1.807) is 23.0 Å². The van der Waals surface area contributed by atoms with Gasteiger partial charge >= 0.3 is 0 Å². The predicted molar refractivity (Wildman–Crippen MR) is 60.6 cm³/mol. The van der Waals surface area contributed by atoms with E-state index < -0.39 is 0 Å². The summed E-state index contributed by atoms with van der Waals surface area (Å²) in [6, 6.07) is 0. The van der Waals surface area contributed by atoms with Gasteiger partial charge in [-0.15, -0.1) is 11.3 Å². The second-order valence-corrected chi connectivity index (χ2v) is 3.81. The van der Waals surface area contributed by atoms with Crippen molar-refractivity contribution in [1.82, 2.24) is 15.0 Å². The van der Waals surface area contributed by atoms with Crippen LogP contribution in [-0.4, -0.2) is 15.0 Å². The number of hydrogen-bond donors (Lipinski definition) is 2. The Labute approximate surface area is 91.4 Å². The van der Waals surface area contributed by atoms with Crippen molar-refractivity contribution in [2.24, 2.45) is 0 Å². The van der Waals surface area contributed by atoms with E-state index >= 15 is 0 Å². The lowest BCUT2D eigenvalue weighted by atomic mass is 10.3. The minimum absolute atomic E-state index is 0.279. The summed E-state index contributed by atoms with van der Waals surface area (Å²) in [6.07, 6.45) is 1.70. The molecule has 0 saturated carbocycles. The van der Waals surface area contributed by atoms with Crippen molar-refractivity contribution in [1.29, 1.82) is 0 Å². The van der Waals surface area contributed by atoms with Gasteiger partial charge in [0.25, 0.3) is 0 Å². The van der Waals surface area contributed by atoms with E-state index in [1.807, 2.05) is 12.3 Å². The molecule has 0 amide bonds. The number of nitrogens with zero attached hydrogens (tertiary/aromatic N) is 3. The molecule has 5 nitrogen and oxygen atoms in total. The molecule has 2 aromatic rings. The Morgan fingerprint density at radius 2 is 2.33 bits per heavy atom. The summed E-state index contributed by atoms with van der Waals surface area (Å²) < 4.78 is 0. The van der Waals surface area contributed by atoms with Gasteiger partial charge in [-0.05, 0) is 6.92 Å². The number of aromatic nitrogens is 3. The van der Waals surface area contributed by atoms with Crippen LogP contribution in [0.3, 0.4) is 0 Å². The van der Waals surface area contributed by atoms with Crippen LogP contribution in [0.5, 0.6) is 0 Å². The standard InChI is InChI=1S/C9H11N5S/c1-6-2-12-9(10)14-8(6)11-3-7-4-15-5-13-7/h2,4-5H,3H2,1H3,(H3,10,11,12,14). The van der Waals surface area contributed by atoms with Crippen LogP contribution >= 0.6 is 11.3 Å². The maximum atomic E-state index is 5.50. The highest BCUT2D eigenvalue weighted by molar-refractivity contribution is 7.07. The second kappa shape index (κ2) is 4.22. The Kier molecular flexibility index (Phi) is 2.77. The van der Waals surface area contributed by atoms with Crippen LogP contribution in [0.4, 0.5) is 11.8 Å². The third kappa shape index (κ3) is 2.41. The average molecular weight is 221 g/mol. The van der Waals surface area contributed by atoms with Gasteiger partial charge in [0.15, 0.2) is 0 Å². The lowest BCUT2D eigenvalue weighted by Gasteiger charge is -2.06. The molecule has 0 atom stereocenters. The van der Waals surface area contributed by atoms with E-state index in [9.17, 15) is 0 Å². The number of nitrogens with two attached hydrogens (primary N) is 1. The van der Waals surface area contributed by atoms with Crippen LogP contribution in [0.25, 0.3) is 0 Å². The average Bonchev–Trinajstić information content (AvgIpc) is 2.72. The number of aryl methyl sites for hydroxylation is 1. The minimum atomic E-state index is 0.279. The fourth-order valence-electron chi connectivity index (χ4n) is 1.13. The molecule has 0 saturated heterocycles. The summed E-state index contributed by atoms with van der Waals surface area (Å²) in [5, 5.41) is 5.16. The largest absolute Gasteiger partial charge is 0.368 e. The molecule has 15 heavy (non-hydrogen) atoms. The lowest BCUT2D eigenvalue weighted by Crippen LogP contribution is -2.06. The summed E-state index contributed by atoms with van der Waals surface area (Å²) in [5.41, 5.74) is 9.27. The van der Waals surface area contributed by atoms with E-state index in [0.717, 1.165) is 17.1 Å². The first-order valence-corrected chi connectivity index (χ1v) is 5.40. The maximum Gasteiger partial charge on any atom is 0.221 e. The number of hydrogen-bond acceptors (Lipinski definition) is 6. The van der Waals surface area contributed by atoms with Gasteiger partial charge in [0, 0.05) is 17.1 Å². The molecule has 0 spiro atoms. The lowest BCUT2D eigenvalue weighted by molar-refractivity contribution is 1.03. The Hall–Kier alpha value is -1.69. The molecule has 2 aromatic heterocycles. The van der Waals surface area contributed by atoms with E-state index in [-0.39, 0.29) is 5.95 Å². The molecule has 6 heteroatoms. The highest BCUT2D eigenvalue weighted by Crippen LogP contribution is 2.12. The summed E-state index contributed by atoms with van der Waals surface area (Å²) in [4.78, 5) is 12.2. The van der Waals surface area contributed by atoms with Gasteiger partial charge in [0.05, 0.1) is 17.7 Å². The van der Waals surface area contributed by atoms with Crippen LogP contribution in [-0.2, 0) is 6.54 Å². The molecule has 0 bridgehead atoms. The van der Waals surface area contributed by atoms with E-state index in [4.69, 9.17) is 5.73 Å². The summed E-state index contributed by atoms with van der Waals surface area (Å²) >= 11 is 1.57. The van der Waals surface area contributed by atoms with Crippen LogP contribution < -0.4 is 11.1 Å². The van der Waals surface area contributed by atoms with Crippen molar-refractivity contribution in [3.8, 4) is 0 Å². The van der Waals surface area contributed by atoms with Gasteiger partial charge in [-0.25, -0.2) is 9.97 Å². The molecule has 0 fully saturated rings. The zero-order valence-corrected chi connectivity index (χ0v) is 9.08. The molecule has 0 aliphatic heterocycles.